The highest BCUT2D eigenvalue weighted by Gasteiger charge is 2.43. The van der Waals surface area contributed by atoms with Gasteiger partial charge >= 0.3 is 0 Å². The lowest BCUT2D eigenvalue weighted by Crippen LogP contribution is -2.15. The fourth-order valence-electron chi connectivity index (χ4n) is 3.01. The molecule has 0 aromatic heterocycles. The molecule has 0 amide bonds. The first kappa shape index (κ1) is 14.2. The standard InChI is InChI=1S/C19H23NO/c1-14-8-10-17(11-9-14)20-19(15-6-4-3-5-7-15)18-12-16(18)13-21-2/h3-11,16,18-20H,12-13H2,1-2H3/t16-,18-,19+/m1/s1. The average molecular weight is 281 g/mol. The first-order chi connectivity index (χ1) is 10.3. The van der Waals surface area contributed by atoms with E-state index in [9.17, 15) is 0 Å². The first-order valence-electron chi connectivity index (χ1n) is 7.65. The van der Waals surface area contributed by atoms with Crippen LogP contribution in [0.4, 0.5) is 5.69 Å². The highest BCUT2D eigenvalue weighted by atomic mass is 16.5. The van der Waals surface area contributed by atoms with Crippen LogP contribution in [0.25, 0.3) is 0 Å². The highest BCUT2D eigenvalue weighted by molar-refractivity contribution is 5.47. The molecule has 0 aliphatic heterocycles. The van der Waals surface area contributed by atoms with Crippen molar-refractivity contribution in [2.75, 3.05) is 19.0 Å². The van der Waals surface area contributed by atoms with Crippen LogP contribution in [-0.2, 0) is 4.74 Å². The van der Waals surface area contributed by atoms with Gasteiger partial charge in [-0.3, -0.25) is 0 Å². The second-order valence-electron chi connectivity index (χ2n) is 6.01. The summed E-state index contributed by atoms with van der Waals surface area (Å²) in [6, 6.07) is 19.8. The van der Waals surface area contributed by atoms with Crippen LogP contribution in [0.15, 0.2) is 54.6 Å². The molecular formula is C19H23NO. The third-order valence-electron chi connectivity index (χ3n) is 4.32. The Bertz CT molecular complexity index is 564. The molecule has 0 bridgehead atoms. The molecule has 1 aliphatic carbocycles. The van der Waals surface area contributed by atoms with Gasteiger partial charge in [0.05, 0.1) is 6.04 Å². The van der Waals surface area contributed by atoms with Gasteiger partial charge in [-0.25, -0.2) is 0 Å². The molecule has 2 aromatic carbocycles. The summed E-state index contributed by atoms with van der Waals surface area (Å²) in [5.41, 5.74) is 3.85. The summed E-state index contributed by atoms with van der Waals surface area (Å²) >= 11 is 0. The summed E-state index contributed by atoms with van der Waals surface area (Å²) in [7, 11) is 1.79. The molecule has 0 heterocycles. The van der Waals surface area contributed by atoms with Crippen LogP contribution >= 0.6 is 0 Å². The summed E-state index contributed by atoms with van der Waals surface area (Å²) in [4.78, 5) is 0. The van der Waals surface area contributed by atoms with Crippen molar-refractivity contribution in [2.24, 2.45) is 11.8 Å². The molecule has 110 valence electrons. The summed E-state index contributed by atoms with van der Waals surface area (Å²) in [5, 5.41) is 3.72. The predicted molar refractivity (Wildman–Crippen MR) is 87.5 cm³/mol. The zero-order valence-electron chi connectivity index (χ0n) is 12.8. The quantitative estimate of drug-likeness (QED) is 0.845. The van der Waals surface area contributed by atoms with Gasteiger partial charge in [0.2, 0.25) is 0 Å². The van der Waals surface area contributed by atoms with E-state index in [0.717, 1.165) is 6.61 Å². The maximum absolute atomic E-state index is 5.32. The summed E-state index contributed by atoms with van der Waals surface area (Å²) in [5.74, 6) is 1.34. The molecule has 2 heteroatoms. The molecule has 2 aromatic rings. The minimum Gasteiger partial charge on any atom is -0.384 e. The predicted octanol–water partition coefficient (Wildman–Crippen LogP) is 4.43. The van der Waals surface area contributed by atoms with Crippen molar-refractivity contribution in [3.05, 3.63) is 65.7 Å². The molecule has 0 spiro atoms. The Kier molecular flexibility index (Phi) is 4.26. The van der Waals surface area contributed by atoms with Crippen molar-refractivity contribution in [3.8, 4) is 0 Å². The zero-order valence-corrected chi connectivity index (χ0v) is 12.8. The van der Waals surface area contributed by atoms with E-state index in [-0.39, 0.29) is 0 Å². The second kappa shape index (κ2) is 6.31. The fraction of sp³-hybridized carbons (Fsp3) is 0.368. The molecule has 1 fully saturated rings. The van der Waals surface area contributed by atoms with Crippen molar-refractivity contribution in [1.29, 1.82) is 0 Å². The third kappa shape index (κ3) is 3.45. The Balaban J connectivity index is 1.78. The van der Waals surface area contributed by atoms with Gasteiger partial charge in [-0.2, -0.15) is 0 Å². The Morgan fingerprint density at radius 3 is 2.48 bits per heavy atom. The number of rotatable bonds is 6. The number of anilines is 1. The Morgan fingerprint density at radius 2 is 1.81 bits per heavy atom. The number of hydrogen-bond acceptors (Lipinski definition) is 2. The van der Waals surface area contributed by atoms with E-state index in [4.69, 9.17) is 4.74 Å². The summed E-state index contributed by atoms with van der Waals surface area (Å²) in [6.45, 7) is 2.98. The Labute approximate surface area is 127 Å². The molecule has 3 atom stereocenters. The third-order valence-corrected chi connectivity index (χ3v) is 4.32. The SMILES string of the molecule is COC[C@H]1C[C@H]1[C@@H](Nc1ccc(C)cc1)c1ccccc1. The number of hydrogen-bond donors (Lipinski definition) is 1. The fourth-order valence-corrected chi connectivity index (χ4v) is 3.01. The van der Waals surface area contributed by atoms with Gasteiger partial charge in [-0.05, 0) is 42.9 Å². The van der Waals surface area contributed by atoms with E-state index < -0.39 is 0 Å². The minimum atomic E-state index is 0.369. The number of benzene rings is 2. The normalized spacial score (nSPS) is 21.8. The van der Waals surface area contributed by atoms with Crippen LogP contribution in [0.3, 0.4) is 0 Å². The molecule has 3 rings (SSSR count). The molecule has 21 heavy (non-hydrogen) atoms. The first-order valence-corrected chi connectivity index (χ1v) is 7.65. The molecule has 1 aliphatic rings. The van der Waals surface area contributed by atoms with Crippen LogP contribution in [0.2, 0.25) is 0 Å². The van der Waals surface area contributed by atoms with Gasteiger partial charge in [0, 0.05) is 19.4 Å². The Morgan fingerprint density at radius 1 is 1.10 bits per heavy atom. The highest BCUT2D eigenvalue weighted by Crippen LogP contribution is 2.48. The molecule has 1 saturated carbocycles. The van der Waals surface area contributed by atoms with Crippen molar-refractivity contribution in [2.45, 2.75) is 19.4 Å². The van der Waals surface area contributed by atoms with Gasteiger partial charge in [0.1, 0.15) is 0 Å². The second-order valence-corrected chi connectivity index (χ2v) is 6.01. The molecule has 0 unspecified atom stereocenters. The van der Waals surface area contributed by atoms with Crippen molar-refractivity contribution in [3.63, 3.8) is 0 Å². The number of methoxy groups -OCH3 is 1. The van der Waals surface area contributed by atoms with E-state index in [0.29, 0.717) is 17.9 Å². The van der Waals surface area contributed by atoms with Crippen LogP contribution in [0, 0.1) is 18.8 Å². The number of aryl methyl sites for hydroxylation is 1. The van der Waals surface area contributed by atoms with Gasteiger partial charge < -0.3 is 10.1 Å². The van der Waals surface area contributed by atoms with Gasteiger partial charge in [0.15, 0.2) is 0 Å². The van der Waals surface area contributed by atoms with E-state index in [2.05, 4.69) is 66.8 Å². The van der Waals surface area contributed by atoms with Crippen LogP contribution in [0.5, 0.6) is 0 Å². The lowest BCUT2D eigenvalue weighted by molar-refractivity contribution is 0.179. The van der Waals surface area contributed by atoms with E-state index in [1.54, 1.807) is 7.11 Å². The zero-order chi connectivity index (χ0) is 14.7. The van der Waals surface area contributed by atoms with E-state index in [1.807, 2.05) is 0 Å². The van der Waals surface area contributed by atoms with Gasteiger partial charge in [-0.15, -0.1) is 0 Å². The minimum absolute atomic E-state index is 0.369. The number of ether oxygens (including phenoxy) is 1. The average Bonchev–Trinajstić information content (AvgIpc) is 3.27. The van der Waals surface area contributed by atoms with E-state index >= 15 is 0 Å². The van der Waals surface area contributed by atoms with Crippen molar-refractivity contribution >= 4 is 5.69 Å². The van der Waals surface area contributed by atoms with Gasteiger partial charge in [0.25, 0.3) is 0 Å². The topological polar surface area (TPSA) is 21.3 Å². The van der Waals surface area contributed by atoms with Crippen LogP contribution < -0.4 is 5.32 Å². The molecule has 2 nitrogen and oxygen atoms in total. The molecule has 0 saturated heterocycles. The Hall–Kier alpha value is -1.80. The largest absolute Gasteiger partial charge is 0.384 e. The maximum Gasteiger partial charge on any atom is 0.0545 e. The van der Waals surface area contributed by atoms with Crippen LogP contribution in [-0.4, -0.2) is 13.7 Å². The number of nitrogens with one attached hydrogen (secondary N) is 1. The van der Waals surface area contributed by atoms with E-state index in [1.165, 1.54) is 23.2 Å². The summed E-state index contributed by atoms with van der Waals surface area (Å²) < 4.78 is 5.32. The monoisotopic (exact) mass is 281 g/mol. The maximum atomic E-state index is 5.32. The smallest absolute Gasteiger partial charge is 0.0545 e. The molecular weight excluding hydrogens is 258 g/mol. The molecule has 1 N–H and O–H groups in total. The van der Waals surface area contributed by atoms with Crippen LogP contribution in [0.1, 0.15) is 23.6 Å². The van der Waals surface area contributed by atoms with Crippen molar-refractivity contribution < 1.29 is 4.74 Å². The van der Waals surface area contributed by atoms with Crippen molar-refractivity contribution in [1.82, 2.24) is 0 Å². The van der Waals surface area contributed by atoms with Gasteiger partial charge in [-0.1, -0.05) is 48.0 Å². The lowest BCUT2D eigenvalue weighted by atomic mass is 10.0. The summed E-state index contributed by atoms with van der Waals surface area (Å²) in [6.07, 6.45) is 1.24. The lowest BCUT2D eigenvalue weighted by Gasteiger charge is -2.21. The molecule has 0 radical (unpaired) electrons.